The number of nitrogens with zero attached hydrogens (tertiary/aromatic N) is 3. The number of carbonyl (C=O) groups excluding carboxylic acids is 1. The first-order valence-electron chi connectivity index (χ1n) is 6.78. The van der Waals surface area contributed by atoms with Crippen LogP contribution in [0.1, 0.15) is 23.3 Å². The predicted molar refractivity (Wildman–Crippen MR) is 81.9 cm³/mol. The SMILES string of the molecule is CNCC1CCN(C(=O)c2ccc([N+](=O)[O-])n2C)CC1.Cl. The molecule has 8 heteroatoms. The van der Waals surface area contributed by atoms with Crippen LogP contribution in [0, 0.1) is 16.0 Å². The Bertz CT molecular complexity index is 510. The molecular weight excluding hydrogens is 296 g/mol. The summed E-state index contributed by atoms with van der Waals surface area (Å²) in [7, 11) is 3.49. The van der Waals surface area contributed by atoms with Gasteiger partial charge in [0.25, 0.3) is 5.91 Å². The summed E-state index contributed by atoms with van der Waals surface area (Å²) < 4.78 is 1.35. The van der Waals surface area contributed by atoms with E-state index in [1.54, 1.807) is 11.9 Å². The van der Waals surface area contributed by atoms with Gasteiger partial charge in [0.05, 0.1) is 7.05 Å². The molecule has 1 saturated heterocycles. The summed E-state index contributed by atoms with van der Waals surface area (Å²) in [5.41, 5.74) is 0.378. The van der Waals surface area contributed by atoms with Crippen molar-refractivity contribution in [2.75, 3.05) is 26.7 Å². The van der Waals surface area contributed by atoms with Crippen LogP contribution in [0.2, 0.25) is 0 Å². The first-order valence-corrected chi connectivity index (χ1v) is 6.78. The Kier molecular flexibility index (Phi) is 6.17. The quantitative estimate of drug-likeness (QED) is 0.673. The van der Waals surface area contributed by atoms with Crippen molar-refractivity contribution in [1.29, 1.82) is 0 Å². The molecular formula is C13H21ClN4O3. The molecule has 7 nitrogen and oxygen atoms in total. The van der Waals surface area contributed by atoms with Crippen LogP contribution in [0.15, 0.2) is 12.1 Å². The van der Waals surface area contributed by atoms with Gasteiger partial charge in [0.2, 0.25) is 0 Å². The minimum atomic E-state index is -0.476. The van der Waals surface area contributed by atoms with Gasteiger partial charge in [-0.25, -0.2) is 4.57 Å². The summed E-state index contributed by atoms with van der Waals surface area (Å²) in [6.07, 6.45) is 1.94. The van der Waals surface area contributed by atoms with Crippen molar-refractivity contribution >= 4 is 24.1 Å². The number of likely N-dealkylation sites (tertiary alicyclic amines) is 1. The van der Waals surface area contributed by atoms with Gasteiger partial charge in [-0.05, 0) is 43.3 Å². The molecule has 21 heavy (non-hydrogen) atoms. The molecule has 0 bridgehead atoms. The molecule has 1 N–H and O–H groups in total. The first-order chi connectivity index (χ1) is 9.54. The third kappa shape index (κ3) is 3.74. The zero-order valence-electron chi connectivity index (χ0n) is 12.2. The van der Waals surface area contributed by atoms with E-state index in [1.807, 2.05) is 7.05 Å². The highest BCUT2D eigenvalue weighted by Gasteiger charge is 2.28. The molecule has 2 rings (SSSR count). The summed E-state index contributed by atoms with van der Waals surface area (Å²) in [6.45, 7) is 2.39. The standard InChI is InChI=1S/C13H20N4O3.ClH/c1-14-9-10-5-7-16(8-6-10)13(18)11-3-4-12(15(11)2)17(19)20;/h3-4,10,14H,5-9H2,1-2H3;1H. The molecule has 0 saturated carbocycles. The Morgan fingerprint density at radius 1 is 1.43 bits per heavy atom. The molecule has 0 unspecified atom stereocenters. The van der Waals surface area contributed by atoms with Gasteiger partial charge in [-0.15, -0.1) is 12.4 Å². The minimum absolute atomic E-state index is 0. The fraction of sp³-hybridized carbons (Fsp3) is 0.615. The number of carbonyl (C=O) groups is 1. The lowest BCUT2D eigenvalue weighted by atomic mass is 9.96. The maximum absolute atomic E-state index is 12.4. The smallest absolute Gasteiger partial charge is 0.323 e. The van der Waals surface area contributed by atoms with E-state index in [0.29, 0.717) is 24.7 Å². The number of piperidine rings is 1. The fourth-order valence-corrected chi connectivity index (χ4v) is 2.69. The van der Waals surface area contributed by atoms with Gasteiger partial charge in [-0.3, -0.25) is 4.79 Å². The highest BCUT2D eigenvalue weighted by Crippen LogP contribution is 2.21. The third-order valence-electron chi connectivity index (χ3n) is 3.90. The second kappa shape index (κ2) is 7.42. The maximum atomic E-state index is 12.4. The topological polar surface area (TPSA) is 80.4 Å². The maximum Gasteiger partial charge on any atom is 0.323 e. The lowest BCUT2D eigenvalue weighted by molar-refractivity contribution is -0.391. The Labute approximate surface area is 129 Å². The fourth-order valence-electron chi connectivity index (χ4n) is 2.69. The van der Waals surface area contributed by atoms with Gasteiger partial charge in [-0.1, -0.05) is 0 Å². The third-order valence-corrected chi connectivity index (χ3v) is 3.90. The van der Waals surface area contributed by atoms with Crippen molar-refractivity contribution in [3.63, 3.8) is 0 Å². The number of nitro groups is 1. The van der Waals surface area contributed by atoms with E-state index in [0.717, 1.165) is 19.4 Å². The van der Waals surface area contributed by atoms with Crippen molar-refractivity contribution in [3.8, 4) is 0 Å². The van der Waals surface area contributed by atoms with Crippen LogP contribution in [-0.4, -0.2) is 47.0 Å². The normalized spacial score (nSPS) is 15.6. The number of nitrogens with one attached hydrogen (secondary N) is 1. The number of amides is 1. The molecule has 1 aliphatic rings. The monoisotopic (exact) mass is 316 g/mol. The van der Waals surface area contributed by atoms with E-state index in [9.17, 15) is 14.9 Å². The molecule has 0 radical (unpaired) electrons. The van der Waals surface area contributed by atoms with Crippen LogP contribution in [0.25, 0.3) is 0 Å². The second-order valence-electron chi connectivity index (χ2n) is 5.19. The highest BCUT2D eigenvalue weighted by molar-refractivity contribution is 5.93. The van der Waals surface area contributed by atoms with Gasteiger partial charge in [-0.2, -0.15) is 0 Å². The van der Waals surface area contributed by atoms with Crippen molar-refractivity contribution in [2.45, 2.75) is 12.8 Å². The van der Waals surface area contributed by atoms with Crippen LogP contribution in [-0.2, 0) is 7.05 Å². The lowest BCUT2D eigenvalue weighted by Crippen LogP contribution is -2.41. The summed E-state index contributed by atoms with van der Waals surface area (Å²) in [5, 5.41) is 14.0. The molecule has 1 aliphatic heterocycles. The molecule has 0 aliphatic carbocycles. The molecule has 1 amide bonds. The molecule has 1 aromatic rings. The lowest BCUT2D eigenvalue weighted by Gasteiger charge is -2.31. The summed E-state index contributed by atoms with van der Waals surface area (Å²) >= 11 is 0. The van der Waals surface area contributed by atoms with Gasteiger partial charge in [0, 0.05) is 19.2 Å². The van der Waals surface area contributed by atoms with Gasteiger partial charge in [0.15, 0.2) is 5.69 Å². The number of aromatic nitrogens is 1. The van der Waals surface area contributed by atoms with Gasteiger partial charge in [0.1, 0.15) is 0 Å². The number of hydrogen-bond donors (Lipinski definition) is 1. The first kappa shape index (κ1) is 17.5. The predicted octanol–water partition coefficient (Wildman–Crippen LogP) is 1.43. The zero-order chi connectivity index (χ0) is 14.7. The Balaban J connectivity index is 0.00000220. The van der Waals surface area contributed by atoms with Crippen molar-refractivity contribution < 1.29 is 9.72 Å². The Hall–Kier alpha value is -1.60. The minimum Gasteiger partial charge on any atom is -0.358 e. The summed E-state index contributed by atoms with van der Waals surface area (Å²) in [4.78, 5) is 24.5. The average Bonchev–Trinajstić information content (AvgIpc) is 2.81. The average molecular weight is 317 g/mol. The van der Waals surface area contributed by atoms with Crippen LogP contribution >= 0.6 is 12.4 Å². The van der Waals surface area contributed by atoms with Crippen LogP contribution in [0.3, 0.4) is 0 Å². The number of hydrogen-bond acceptors (Lipinski definition) is 4. The van der Waals surface area contributed by atoms with Gasteiger partial charge >= 0.3 is 5.82 Å². The van der Waals surface area contributed by atoms with E-state index in [1.165, 1.54) is 16.7 Å². The second-order valence-corrected chi connectivity index (χ2v) is 5.19. The van der Waals surface area contributed by atoms with E-state index in [4.69, 9.17) is 0 Å². The van der Waals surface area contributed by atoms with E-state index < -0.39 is 4.92 Å². The largest absolute Gasteiger partial charge is 0.358 e. The Morgan fingerprint density at radius 3 is 2.52 bits per heavy atom. The summed E-state index contributed by atoms with van der Waals surface area (Å²) in [5.74, 6) is 0.425. The van der Waals surface area contributed by atoms with Crippen molar-refractivity contribution in [1.82, 2.24) is 14.8 Å². The van der Waals surface area contributed by atoms with E-state index >= 15 is 0 Å². The van der Waals surface area contributed by atoms with Crippen LogP contribution < -0.4 is 5.32 Å². The van der Waals surface area contributed by atoms with Gasteiger partial charge < -0.3 is 20.3 Å². The molecule has 0 aromatic carbocycles. The van der Waals surface area contributed by atoms with E-state index in [-0.39, 0.29) is 24.1 Å². The summed E-state index contributed by atoms with van der Waals surface area (Å²) in [6, 6.07) is 2.90. The molecule has 0 spiro atoms. The molecule has 1 aromatic heterocycles. The molecule has 2 heterocycles. The molecule has 118 valence electrons. The van der Waals surface area contributed by atoms with E-state index in [2.05, 4.69) is 5.32 Å². The van der Waals surface area contributed by atoms with Crippen molar-refractivity contribution in [3.05, 3.63) is 27.9 Å². The molecule has 0 atom stereocenters. The number of rotatable bonds is 4. The van der Waals surface area contributed by atoms with Crippen LogP contribution in [0.5, 0.6) is 0 Å². The molecule has 1 fully saturated rings. The highest BCUT2D eigenvalue weighted by atomic mass is 35.5. The van der Waals surface area contributed by atoms with Crippen LogP contribution in [0.4, 0.5) is 5.82 Å². The number of halogens is 1. The Morgan fingerprint density at radius 2 is 2.05 bits per heavy atom. The zero-order valence-corrected chi connectivity index (χ0v) is 13.1. The van der Waals surface area contributed by atoms with Crippen molar-refractivity contribution in [2.24, 2.45) is 13.0 Å².